The van der Waals surface area contributed by atoms with Crippen molar-refractivity contribution >= 4 is 18.1 Å². The van der Waals surface area contributed by atoms with E-state index in [1.165, 1.54) is 6.08 Å². The third kappa shape index (κ3) is 4.35. The van der Waals surface area contributed by atoms with Gasteiger partial charge >= 0.3 is 6.09 Å². The van der Waals surface area contributed by atoms with Gasteiger partial charge in [0, 0.05) is 6.08 Å². The molecule has 2 amide bonds. The highest BCUT2D eigenvalue weighted by atomic mass is 16.6. The van der Waals surface area contributed by atoms with Crippen LogP contribution in [-0.4, -0.2) is 23.5 Å². The first kappa shape index (κ1) is 16.1. The summed E-state index contributed by atoms with van der Waals surface area (Å²) in [6.07, 6.45) is 1.75. The van der Waals surface area contributed by atoms with Crippen molar-refractivity contribution in [2.24, 2.45) is 0 Å². The van der Waals surface area contributed by atoms with E-state index in [4.69, 9.17) is 12.2 Å². The van der Waals surface area contributed by atoms with E-state index in [0.29, 0.717) is 22.6 Å². The Bertz CT molecular complexity index is 1120. The van der Waals surface area contributed by atoms with Crippen LogP contribution in [0.1, 0.15) is 19.9 Å². The zero-order valence-electron chi connectivity index (χ0n) is 17.4. The molecule has 0 aliphatic carbocycles. The Balaban J connectivity index is 1.54. The van der Waals surface area contributed by atoms with E-state index in [1.807, 2.05) is 30.3 Å². The summed E-state index contributed by atoms with van der Waals surface area (Å²) < 4.78 is 26.7. The van der Waals surface area contributed by atoms with Crippen LogP contribution in [0.5, 0.6) is 11.5 Å². The molecule has 0 aromatic heterocycles. The maximum absolute atomic E-state index is 12.8. The summed E-state index contributed by atoms with van der Waals surface area (Å²) >= 11 is 0. The normalized spacial score (nSPS) is 18.8. The minimum absolute atomic E-state index is 0.471. The standard InChI is InChI=1S/C24H19NO4/c26-23(25-22(17-28-24(25)27)19-9-3-1-4-10-19)15-14-18-8-7-13-21(16-18)29-20-11-5-2-6-12-20/h1-16,22H,17H2/i17D2. The molecule has 3 aromatic rings. The number of imide groups is 1. The minimum atomic E-state index is -2.33. The molecule has 0 saturated carbocycles. The second-order valence-corrected chi connectivity index (χ2v) is 6.33. The lowest BCUT2D eigenvalue weighted by molar-refractivity contribution is -0.124. The second-order valence-electron chi connectivity index (χ2n) is 6.33. The van der Waals surface area contributed by atoms with E-state index in [9.17, 15) is 9.59 Å². The number of nitrogens with zero attached hydrogens (tertiary/aromatic N) is 1. The van der Waals surface area contributed by atoms with Gasteiger partial charge in [-0.3, -0.25) is 4.79 Å². The van der Waals surface area contributed by atoms with Gasteiger partial charge < -0.3 is 9.47 Å². The topological polar surface area (TPSA) is 55.8 Å². The highest BCUT2D eigenvalue weighted by Crippen LogP contribution is 2.28. The number of hydrogen-bond acceptors (Lipinski definition) is 4. The van der Waals surface area contributed by atoms with Gasteiger partial charge in [0.25, 0.3) is 5.91 Å². The van der Waals surface area contributed by atoms with E-state index in [1.54, 1.807) is 60.7 Å². The van der Waals surface area contributed by atoms with Crippen molar-refractivity contribution in [3.8, 4) is 11.5 Å². The lowest BCUT2D eigenvalue weighted by Gasteiger charge is -2.18. The van der Waals surface area contributed by atoms with Gasteiger partial charge in [-0.1, -0.05) is 60.7 Å². The van der Waals surface area contributed by atoms with Crippen LogP contribution in [0.3, 0.4) is 0 Å². The summed E-state index contributed by atoms with van der Waals surface area (Å²) in [6, 6.07) is 23.8. The van der Waals surface area contributed by atoms with Gasteiger partial charge in [-0.25, -0.2) is 9.69 Å². The quantitative estimate of drug-likeness (QED) is 0.564. The first-order chi connectivity index (χ1) is 14.9. The largest absolute Gasteiger partial charge is 0.457 e. The molecule has 4 rings (SSSR count). The molecular weight excluding hydrogens is 366 g/mol. The van der Waals surface area contributed by atoms with Crippen LogP contribution in [0, 0.1) is 0 Å². The van der Waals surface area contributed by atoms with Crippen molar-refractivity contribution in [1.82, 2.24) is 4.90 Å². The molecule has 0 radical (unpaired) electrons. The number of cyclic esters (lactones) is 1. The van der Waals surface area contributed by atoms with Crippen molar-refractivity contribution in [1.29, 1.82) is 0 Å². The average Bonchev–Trinajstić information content (AvgIpc) is 3.02. The van der Waals surface area contributed by atoms with Crippen molar-refractivity contribution in [3.05, 3.63) is 102 Å². The van der Waals surface area contributed by atoms with Crippen LogP contribution in [0.4, 0.5) is 4.79 Å². The molecule has 1 unspecified atom stereocenters. The maximum atomic E-state index is 12.8. The van der Waals surface area contributed by atoms with Crippen LogP contribution in [0.15, 0.2) is 91.0 Å². The molecule has 1 saturated heterocycles. The molecule has 5 nitrogen and oxygen atoms in total. The Morgan fingerprint density at radius 3 is 2.45 bits per heavy atom. The molecule has 1 atom stereocenters. The summed E-state index contributed by atoms with van der Waals surface area (Å²) in [7, 11) is 0. The molecule has 0 bridgehead atoms. The van der Waals surface area contributed by atoms with E-state index in [0.717, 1.165) is 4.90 Å². The fraction of sp³-hybridized carbons (Fsp3) is 0.0833. The number of ether oxygens (including phenoxy) is 2. The summed E-state index contributed by atoms with van der Waals surface area (Å²) in [5.41, 5.74) is 1.16. The number of amides is 2. The fourth-order valence-corrected chi connectivity index (χ4v) is 2.94. The molecule has 1 aliphatic rings. The fourth-order valence-electron chi connectivity index (χ4n) is 2.94. The smallest absolute Gasteiger partial charge is 0.417 e. The van der Waals surface area contributed by atoms with Gasteiger partial charge in [-0.15, -0.1) is 0 Å². The number of hydrogen-bond donors (Lipinski definition) is 0. The first-order valence-electron chi connectivity index (χ1n) is 10.1. The molecule has 5 heteroatoms. The SMILES string of the molecule is [2H]C1([2H])OC(=O)N(C(=O)C=Cc2cccc(Oc3ccccc3)c2)C1c1ccccc1. The lowest BCUT2D eigenvalue weighted by Crippen LogP contribution is -2.32. The molecule has 0 spiro atoms. The monoisotopic (exact) mass is 387 g/mol. The summed E-state index contributed by atoms with van der Waals surface area (Å²) in [5.74, 6) is 0.613. The highest BCUT2D eigenvalue weighted by molar-refractivity contribution is 6.02. The van der Waals surface area contributed by atoms with Gasteiger partial charge in [-0.05, 0) is 41.5 Å². The summed E-state index contributed by atoms with van der Waals surface area (Å²) in [4.78, 5) is 25.9. The summed E-state index contributed by atoms with van der Waals surface area (Å²) in [6.45, 7) is -2.33. The third-order valence-electron chi connectivity index (χ3n) is 4.32. The minimum Gasteiger partial charge on any atom is -0.457 e. The van der Waals surface area contributed by atoms with E-state index < -0.39 is 24.6 Å². The lowest BCUT2D eigenvalue weighted by atomic mass is 10.1. The predicted molar refractivity (Wildman–Crippen MR) is 109 cm³/mol. The Labute approximate surface area is 171 Å². The average molecular weight is 387 g/mol. The van der Waals surface area contributed by atoms with E-state index in [-0.39, 0.29) is 0 Å². The van der Waals surface area contributed by atoms with Gasteiger partial charge in [0.05, 0.1) is 2.74 Å². The Morgan fingerprint density at radius 1 is 1.00 bits per heavy atom. The van der Waals surface area contributed by atoms with Crippen molar-refractivity contribution in [2.45, 2.75) is 6.04 Å². The molecule has 29 heavy (non-hydrogen) atoms. The molecule has 1 fully saturated rings. The zero-order chi connectivity index (χ0) is 21.8. The molecule has 3 aromatic carbocycles. The van der Waals surface area contributed by atoms with Gasteiger partial charge in [0.15, 0.2) is 0 Å². The highest BCUT2D eigenvalue weighted by Gasteiger charge is 2.37. The van der Waals surface area contributed by atoms with Gasteiger partial charge in [-0.2, -0.15) is 0 Å². The van der Waals surface area contributed by atoms with Crippen molar-refractivity contribution in [2.75, 3.05) is 6.56 Å². The van der Waals surface area contributed by atoms with Crippen LogP contribution in [0.25, 0.3) is 6.08 Å². The second kappa shape index (κ2) is 8.44. The number of rotatable bonds is 5. The molecule has 0 N–H and O–H groups in total. The molecule has 1 aliphatic heterocycles. The zero-order valence-corrected chi connectivity index (χ0v) is 15.4. The van der Waals surface area contributed by atoms with Crippen LogP contribution < -0.4 is 4.74 Å². The molecular formula is C24H19NO4. The molecule has 1 heterocycles. The number of carbonyl (C=O) groups is 2. The first-order valence-corrected chi connectivity index (χ1v) is 9.06. The Hall–Kier alpha value is -3.86. The van der Waals surface area contributed by atoms with Gasteiger partial charge in [0.2, 0.25) is 0 Å². The van der Waals surface area contributed by atoms with E-state index >= 15 is 0 Å². The predicted octanol–water partition coefficient (Wildman–Crippen LogP) is 5.21. The Morgan fingerprint density at radius 2 is 1.69 bits per heavy atom. The summed E-state index contributed by atoms with van der Waals surface area (Å²) in [5, 5.41) is 0. The van der Waals surface area contributed by atoms with Crippen LogP contribution in [-0.2, 0) is 9.53 Å². The Kier molecular flexibility index (Phi) is 4.69. The third-order valence-corrected chi connectivity index (χ3v) is 4.32. The van der Waals surface area contributed by atoms with E-state index in [2.05, 4.69) is 0 Å². The number of para-hydroxylation sites is 1. The van der Waals surface area contributed by atoms with Crippen LogP contribution >= 0.6 is 0 Å². The van der Waals surface area contributed by atoms with Crippen molar-refractivity contribution < 1.29 is 21.8 Å². The number of benzene rings is 3. The maximum Gasteiger partial charge on any atom is 0.417 e. The van der Waals surface area contributed by atoms with Crippen LogP contribution in [0.2, 0.25) is 0 Å². The van der Waals surface area contributed by atoms with Gasteiger partial charge in [0.1, 0.15) is 24.1 Å². The number of carbonyl (C=O) groups excluding carboxylic acids is 2. The van der Waals surface area contributed by atoms with Crippen molar-refractivity contribution in [3.63, 3.8) is 0 Å². The molecule has 144 valence electrons.